The van der Waals surface area contributed by atoms with E-state index in [1.165, 1.54) is 6.07 Å². The second-order valence-electron chi connectivity index (χ2n) is 7.09. The van der Waals surface area contributed by atoms with Crippen molar-refractivity contribution < 1.29 is 14.0 Å². The number of nitrogens with zero attached hydrogens (tertiary/aromatic N) is 3. The largest absolute Gasteiger partial charge is 0.349 e. The summed E-state index contributed by atoms with van der Waals surface area (Å²) in [6, 6.07) is 6.34. The molecule has 2 heterocycles. The van der Waals surface area contributed by atoms with E-state index in [0.29, 0.717) is 29.9 Å². The lowest BCUT2D eigenvalue weighted by molar-refractivity contribution is 0.0765. The average molecular weight is 400 g/mol. The van der Waals surface area contributed by atoms with Crippen LogP contribution in [0.1, 0.15) is 39.3 Å². The Hall–Kier alpha value is -2.48. The van der Waals surface area contributed by atoms with Crippen LogP contribution in [0.25, 0.3) is 11.3 Å². The van der Waals surface area contributed by atoms with E-state index in [1.54, 1.807) is 30.0 Å². The first-order chi connectivity index (χ1) is 13.5. The zero-order chi connectivity index (χ0) is 19.7. The van der Waals surface area contributed by atoms with Gasteiger partial charge in [-0.3, -0.25) is 9.59 Å². The topological polar surface area (TPSA) is 75.2 Å². The molecule has 4 rings (SSSR count). The van der Waals surface area contributed by atoms with Gasteiger partial charge in [-0.2, -0.15) is 11.8 Å². The number of nitrogens with one attached hydrogen (secondary N) is 1. The van der Waals surface area contributed by atoms with Gasteiger partial charge in [0, 0.05) is 41.8 Å². The molecule has 28 heavy (non-hydrogen) atoms. The van der Waals surface area contributed by atoms with E-state index in [4.69, 9.17) is 0 Å². The van der Waals surface area contributed by atoms with Crippen LogP contribution in [0.5, 0.6) is 0 Å². The fourth-order valence-electron chi connectivity index (χ4n) is 3.09. The van der Waals surface area contributed by atoms with Crippen molar-refractivity contribution in [3.05, 3.63) is 46.9 Å². The number of amides is 2. The van der Waals surface area contributed by atoms with Gasteiger partial charge in [-0.05, 0) is 49.6 Å². The normalized spacial score (nSPS) is 16.7. The van der Waals surface area contributed by atoms with Crippen LogP contribution in [0, 0.1) is 12.7 Å². The van der Waals surface area contributed by atoms with Gasteiger partial charge in [-0.15, -0.1) is 10.2 Å². The third-order valence-electron chi connectivity index (χ3n) is 4.98. The van der Waals surface area contributed by atoms with Crippen LogP contribution in [0.4, 0.5) is 4.39 Å². The fraction of sp³-hybridized carbons (Fsp3) is 0.400. The van der Waals surface area contributed by atoms with Crippen molar-refractivity contribution in [3.8, 4) is 11.3 Å². The molecule has 0 bridgehead atoms. The summed E-state index contributed by atoms with van der Waals surface area (Å²) in [4.78, 5) is 26.6. The summed E-state index contributed by atoms with van der Waals surface area (Å²) in [6.45, 7) is 3.05. The molecular weight excluding hydrogens is 379 g/mol. The highest BCUT2D eigenvalue weighted by Crippen LogP contribution is 2.26. The van der Waals surface area contributed by atoms with Gasteiger partial charge < -0.3 is 10.2 Å². The molecule has 1 N–H and O–H groups in total. The Bertz CT molecular complexity index is 909. The number of aromatic nitrogens is 2. The summed E-state index contributed by atoms with van der Waals surface area (Å²) < 4.78 is 14.4. The zero-order valence-corrected chi connectivity index (χ0v) is 16.4. The van der Waals surface area contributed by atoms with E-state index in [2.05, 4.69) is 15.5 Å². The predicted octanol–water partition coefficient (Wildman–Crippen LogP) is 2.67. The molecule has 146 valence electrons. The minimum absolute atomic E-state index is 0.139. The third-order valence-corrected chi connectivity index (χ3v) is 5.92. The van der Waals surface area contributed by atoms with E-state index in [1.807, 2.05) is 11.8 Å². The standard InChI is InChI=1S/C20H21FN4O2S/c1-12-15(10-13(11-16(12)21)19(26)22-14-2-3-14)17-4-5-18(24-23-17)20(27)25-6-8-28-9-7-25/h4-5,10-11,14H,2-3,6-9H2,1H3,(H,22,26). The molecule has 1 saturated carbocycles. The summed E-state index contributed by atoms with van der Waals surface area (Å²) in [5.41, 5.74) is 1.86. The molecule has 0 radical (unpaired) electrons. The summed E-state index contributed by atoms with van der Waals surface area (Å²) in [5.74, 6) is 0.952. The molecule has 2 fully saturated rings. The maximum absolute atomic E-state index is 14.4. The lowest BCUT2D eigenvalue weighted by Crippen LogP contribution is -2.38. The van der Waals surface area contributed by atoms with Crippen LogP contribution in [0.2, 0.25) is 0 Å². The first-order valence-electron chi connectivity index (χ1n) is 9.35. The second-order valence-corrected chi connectivity index (χ2v) is 8.31. The molecule has 1 aromatic heterocycles. The van der Waals surface area contributed by atoms with Crippen LogP contribution in [-0.2, 0) is 0 Å². The second kappa shape index (κ2) is 7.87. The molecule has 2 amide bonds. The Labute approximate surface area is 166 Å². The van der Waals surface area contributed by atoms with Crippen molar-refractivity contribution in [1.29, 1.82) is 0 Å². The van der Waals surface area contributed by atoms with Gasteiger partial charge in [0.05, 0.1) is 5.69 Å². The molecule has 1 saturated heterocycles. The molecule has 6 nitrogen and oxygen atoms in total. The Morgan fingerprint density at radius 3 is 2.57 bits per heavy atom. The number of hydrogen-bond acceptors (Lipinski definition) is 5. The number of benzene rings is 1. The highest BCUT2D eigenvalue weighted by molar-refractivity contribution is 7.99. The molecular formula is C20H21FN4O2S. The van der Waals surface area contributed by atoms with Crippen LogP contribution in [0.15, 0.2) is 24.3 Å². The number of halogens is 1. The van der Waals surface area contributed by atoms with Crippen LogP contribution in [-0.4, -0.2) is 57.5 Å². The van der Waals surface area contributed by atoms with E-state index < -0.39 is 5.82 Å². The molecule has 1 aromatic carbocycles. The molecule has 8 heteroatoms. The summed E-state index contributed by atoms with van der Waals surface area (Å²) in [7, 11) is 0. The smallest absolute Gasteiger partial charge is 0.274 e. The van der Waals surface area contributed by atoms with Gasteiger partial charge in [0.1, 0.15) is 5.82 Å². The summed E-state index contributed by atoms with van der Waals surface area (Å²) in [6.07, 6.45) is 1.92. The minimum Gasteiger partial charge on any atom is -0.349 e. The summed E-state index contributed by atoms with van der Waals surface area (Å²) in [5, 5.41) is 11.1. The van der Waals surface area contributed by atoms with E-state index in [-0.39, 0.29) is 29.1 Å². The van der Waals surface area contributed by atoms with Gasteiger partial charge in [-0.25, -0.2) is 4.39 Å². The quantitative estimate of drug-likeness (QED) is 0.854. The van der Waals surface area contributed by atoms with Gasteiger partial charge in [-0.1, -0.05) is 0 Å². The molecule has 1 aliphatic heterocycles. The Morgan fingerprint density at radius 1 is 1.18 bits per heavy atom. The van der Waals surface area contributed by atoms with Crippen molar-refractivity contribution in [1.82, 2.24) is 20.4 Å². The van der Waals surface area contributed by atoms with Crippen molar-refractivity contribution in [2.24, 2.45) is 0 Å². The average Bonchev–Trinajstić information content (AvgIpc) is 3.54. The predicted molar refractivity (Wildman–Crippen MR) is 106 cm³/mol. The number of carbonyl (C=O) groups is 2. The van der Waals surface area contributed by atoms with Crippen molar-refractivity contribution >= 4 is 23.6 Å². The maximum Gasteiger partial charge on any atom is 0.274 e. The molecule has 2 aliphatic rings. The van der Waals surface area contributed by atoms with Gasteiger partial charge in [0.2, 0.25) is 0 Å². The molecule has 2 aromatic rings. The maximum atomic E-state index is 14.4. The highest BCUT2D eigenvalue weighted by Gasteiger charge is 2.25. The van der Waals surface area contributed by atoms with E-state index in [9.17, 15) is 14.0 Å². The number of rotatable bonds is 4. The van der Waals surface area contributed by atoms with Crippen molar-refractivity contribution in [2.45, 2.75) is 25.8 Å². The van der Waals surface area contributed by atoms with E-state index in [0.717, 1.165) is 24.3 Å². The molecule has 0 unspecified atom stereocenters. The van der Waals surface area contributed by atoms with Crippen molar-refractivity contribution in [3.63, 3.8) is 0 Å². The lowest BCUT2D eigenvalue weighted by Gasteiger charge is -2.25. The highest BCUT2D eigenvalue weighted by atomic mass is 32.2. The zero-order valence-electron chi connectivity index (χ0n) is 15.6. The van der Waals surface area contributed by atoms with Crippen molar-refractivity contribution in [2.75, 3.05) is 24.6 Å². The van der Waals surface area contributed by atoms with Crippen LogP contribution >= 0.6 is 11.8 Å². The van der Waals surface area contributed by atoms with E-state index >= 15 is 0 Å². The molecule has 1 aliphatic carbocycles. The van der Waals surface area contributed by atoms with Crippen LogP contribution in [0.3, 0.4) is 0 Å². The first-order valence-corrected chi connectivity index (χ1v) is 10.5. The Kier molecular flexibility index (Phi) is 5.30. The monoisotopic (exact) mass is 400 g/mol. The van der Waals surface area contributed by atoms with Gasteiger partial charge in [0.15, 0.2) is 5.69 Å². The number of carbonyl (C=O) groups excluding carboxylic acids is 2. The number of hydrogen-bond donors (Lipinski definition) is 1. The Morgan fingerprint density at radius 2 is 1.93 bits per heavy atom. The summed E-state index contributed by atoms with van der Waals surface area (Å²) >= 11 is 1.83. The van der Waals surface area contributed by atoms with Gasteiger partial charge in [0.25, 0.3) is 11.8 Å². The first kappa shape index (κ1) is 18.9. The Balaban J connectivity index is 1.58. The van der Waals surface area contributed by atoms with Gasteiger partial charge >= 0.3 is 0 Å². The van der Waals surface area contributed by atoms with Crippen LogP contribution < -0.4 is 5.32 Å². The molecule has 0 spiro atoms. The SMILES string of the molecule is Cc1c(F)cc(C(=O)NC2CC2)cc1-c1ccc(C(=O)N2CCSCC2)nn1. The molecule has 0 atom stereocenters. The number of thioether (sulfide) groups is 1. The lowest BCUT2D eigenvalue weighted by atomic mass is 10.0. The third kappa shape index (κ3) is 4.01. The fourth-order valence-corrected chi connectivity index (χ4v) is 3.99. The minimum atomic E-state index is -0.466.